The highest BCUT2D eigenvalue weighted by molar-refractivity contribution is 5.77. The summed E-state index contributed by atoms with van der Waals surface area (Å²) in [7, 11) is 0. The quantitative estimate of drug-likeness (QED) is 0.124. The maximum absolute atomic E-state index is 13.9. The molecule has 0 aromatic carbocycles. The van der Waals surface area contributed by atoms with Crippen LogP contribution >= 0.6 is 0 Å². The van der Waals surface area contributed by atoms with E-state index in [4.69, 9.17) is 4.74 Å². The Balaban J connectivity index is 5.57. The van der Waals surface area contributed by atoms with Crippen LogP contribution in [-0.4, -0.2) is 11.6 Å². The maximum atomic E-state index is 13.9. The first-order valence-corrected chi connectivity index (χ1v) is 14.2. The van der Waals surface area contributed by atoms with Crippen LogP contribution in [0.3, 0.4) is 0 Å². The Morgan fingerprint density at radius 2 is 0.968 bits per heavy atom. The van der Waals surface area contributed by atoms with Crippen LogP contribution < -0.4 is 0 Å². The number of unbranched alkanes of at least 4 members (excludes halogenated alkanes) is 9. The van der Waals surface area contributed by atoms with Gasteiger partial charge in [0.25, 0.3) is 0 Å². The molecule has 0 saturated heterocycles. The van der Waals surface area contributed by atoms with E-state index in [0.29, 0.717) is 0 Å². The van der Waals surface area contributed by atoms with Crippen molar-refractivity contribution in [2.75, 3.05) is 0 Å². The van der Waals surface area contributed by atoms with Crippen LogP contribution in [0, 0.1) is 5.41 Å². The molecule has 0 rings (SSSR count). The third-order valence-corrected chi connectivity index (χ3v) is 7.35. The molecule has 2 nitrogen and oxygen atoms in total. The molecule has 0 aromatic heterocycles. The average molecular weight is 439 g/mol. The summed E-state index contributed by atoms with van der Waals surface area (Å²) in [6.07, 6.45) is 23.0. The normalized spacial score (nSPS) is 15.4. The van der Waals surface area contributed by atoms with Gasteiger partial charge in [-0.25, -0.2) is 0 Å². The minimum absolute atomic E-state index is 0.152. The van der Waals surface area contributed by atoms with Crippen molar-refractivity contribution in [3.8, 4) is 0 Å². The van der Waals surface area contributed by atoms with Crippen LogP contribution in [0.25, 0.3) is 0 Å². The standard InChI is InChI=1S/C29H58O2/c1-7-13-17-20-25-28(23-16-10-4,24-19-15-9-3)27(30)31-29(12-6,22-11-5)26-21-18-14-8-2/h7-26H2,1-6H3. The SMILES string of the molecule is CCCCCCC(CC)(CCC)OC(=O)C(CCCC)(CCCCC)CCCCCC. The minimum atomic E-state index is -0.253. The van der Waals surface area contributed by atoms with Gasteiger partial charge in [0.1, 0.15) is 5.60 Å². The molecule has 186 valence electrons. The summed E-state index contributed by atoms with van der Waals surface area (Å²) in [6.45, 7) is 13.5. The number of carbonyl (C=O) groups excluding carboxylic acids is 1. The Labute approximate surface area is 196 Å². The van der Waals surface area contributed by atoms with Crippen LogP contribution in [0.2, 0.25) is 0 Å². The van der Waals surface area contributed by atoms with Crippen molar-refractivity contribution < 1.29 is 9.53 Å². The molecule has 0 amide bonds. The summed E-state index contributed by atoms with van der Waals surface area (Å²) in [5, 5.41) is 0. The van der Waals surface area contributed by atoms with E-state index in [1.165, 1.54) is 64.2 Å². The van der Waals surface area contributed by atoms with Crippen LogP contribution in [-0.2, 0) is 9.53 Å². The first-order chi connectivity index (χ1) is 15.0. The highest BCUT2D eigenvalue weighted by Crippen LogP contribution is 2.41. The first kappa shape index (κ1) is 30.5. The third-order valence-electron chi connectivity index (χ3n) is 7.35. The summed E-state index contributed by atoms with van der Waals surface area (Å²) < 4.78 is 6.62. The number of hydrogen-bond acceptors (Lipinski definition) is 2. The number of rotatable bonds is 22. The third kappa shape index (κ3) is 12.3. The smallest absolute Gasteiger partial charge is 0.312 e. The van der Waals surface area contributed by atoms with Gasteiger partial charge >= 0.3 is 5.97 Å². The lowest BCUT2D eigenvalue weighted by atomic mass is 9.73. The maximum Gasteiger partial charge on any atom is 0.312 e. The molecule has 0 aliphatic heterocycles. The fourth-order valence-electron chi connectivity index (χ4n) is 5.09. The van der Waals surface area contributed by atoms with Gasteiger partial charge < -0.3 is 4.74 Å². The van der Waals surface area contributed by atoms with Crippen molar-refractivity contribution >= 4 is 5.97 Å². The van der Waals surface area contributed by atoms with Gasteiger partial charge in [-0.3, -0.25) is 4.79 Å². The van der Waals surface area contributed by atoms with E-state index < -0.39 is 0 Å². The molecule has 0 heterocycles. The summed E-state index contributed by atoms with van der Waals surface area (Å²) in [6, 6.07) is 0. The molecular weight excluding hydrogens is 380 g/mol. The summed E-state index contributed by atoms with van der Waals surface area (Å²) in [5.41, 5.74) is -0.498. The number of hydrogen-bond donors (Lipinski definition) is 0. The van der Waals surface area contributed by atoms with Gasteiger partial charge in [0.2, 0.25) is 0 Å². The Bertz CT molecular complexity index is 419. The zero-order valence-corrected chi connectivity index (χ0v) is 22.5. The van der Waals surface area contributed by atoms with E-state index in [1.807, 2.05) is 0 Å². The zero-order chi connectivity index (χ0) is 23.4. The lowest BCUT2D eigenvalue weighted by Crippen LogP contribution is -2.42. The van der Waals surface area contributed by atoms with E-state index in [9.17, 15) is 4.79 Å². The van der Waals surface area contributed by atoms with Crippen molar-refractivity contribution in [2.45, 2.75) is 176 Å². The van der Waals surface area contributed by atoms with Crippen molar-refractivity contribution in [3.63, 3.8) is 0 Å². The van der Waals surface area contributed by atoms with Gasteiger partial charge in [-0.1, -0.05) is 125 Å². The van der Waals surface area contributed by atoms with E-state index in [2.05, 4.69) is 41.5 Å². The largest absolute Gasteiger partial charge is 0.459 e. The molecule has 0 N–H and O–H groups in total. The molecule has 2 unspecified atom stereocenters. The van der Waals surface area contributed by atoms with E-state index in [0.717, 1.165) is 64.2 Å². The number of carbonyl (C=O) groups is 1. The van der Waals surface area contributed by atoms with Gasteiger partial charge in [-0.2, -0.15) is 0 Å². The number of ether oxygens (including phenoxy) is 1. The predicted octanol–water partition coefficient (Wildman–Crippen LogP) is 10.2. The number of esters is 1. The molecule has 0 radical (unpaired) electrons. The molecule has 2 atom stereocenters. The second-order valence-corrected chi connectivity index (χ2v) is 10.1. The van der Waals surface area contributed by atoms with Crippen molar-refractivity contribution in [3.05, 3.63) is 0 Å². The van der Waals surface area contributed by atoms with Gasteiger partial charge in [0.05, 0.1) is 5.41 Å². The van der Waals surface area contributed by atoms with E-state index in [1.54, 1.807) is 0 Å². The molecule has 31 heavy (non-hydrogen) atoms. The second-order valence-electron chi connectivity index (χ2n) is 10.1. The Morgan fingerprint density at radius 3 is 1.45 bits per heavy atom. The Morgan fingerprint density at radius 1 is 0.516 bits per heavy atom. The molecule has 0 spiro atoms. The Kier molecular flexibility index (Phi) is 18.7. The molecule has 0 aliphatic carbocycles. The van der Waals surface area contributed by atoms with Gasteiger partial charge in [0.15, 0.2) is 0 Å². The highest BCUT2D eigenvalue weighted by Gasteiger charge is 2.42. The summed E-state index contributed by atoms with van der Waals surface area (Å²) in [5.74, 6) is 0.152. The van der Waals surface area contributed by atoms with Gasteiger partial charge in [0, 0.05) is 0 Å². The Hall–Kier alpha value is -0.530. The second kappa shape index (κ2) is 19.0. The molecule has 0 saturated carbocycles. The summed E-state index contributed by atoms with van der Waals surface area (Å²) >= 11 is 0. The monoisotopic (exact) mass is 438 g/mol. The van der Waals surface area contributed by atoms with Crippen molar-refractivity contribution in [1.82, 2.24) is 0 Å². The van der Waals surface area contributed by atoms with E-state index in [-0.39, 0.29) is 17.0 Å². The average Bonchev–Trinajstić information content (AvgIpc) is 2.77. The topological polar surface area (TPSA) is 26.3 Å². The molecular formula is C29H58O2. The highest BCUT2D eigenvalue weighted by atomic mass is 16.6. The molecule has 0 aliphatic rings. The van der Waals surface area contributed by atoms with E-state index >= 15 is 0 Å². The molecule has 0 bridgehead atoms. The lowest BCUT2D eigenvalue weighted by molar-refractivity contribution is -0.177. The molecule has 0 aromatic rings. The fraction of sp³-hybridized carbons (Fsp3) is 0.966. The minimum Gasteiger partial charge on any atom is -0.459 e. The van der Waals surface area contributed by atoms with Crippen LogP contribution in [0.1, 0.15) is 170 Å². The van der Waals surface area contributed by atoms with Crippen LogP contribution in [0.5, 0.6) is 0 Å². The zero-order valence-electron chi connectivity index (χ0n) is 22.5. The first-order valence-electron chi connectivity index (χ1n) is 14.2. The van der Waals surface area contributed by atoms with Crippen molar-refractivity contribution in [2.24, 2.45) is 5.41 Å². The van der Waals surface area contributed by atoms with Gasteiger partial charge in [-0.15, -0.1) is 0 Å². The van der Waals surface area contributed by atoms with Crippen LogP contribution in [0.4, 0.5) is 0 Å². The molecule has 2 heteroatoms. The van der Waals surface area contributed by atoms with Crippen molar-refractivity contribution in [1.29, 1.82) is 0 Å². The lowest BCUT2D eigenvalue weighted by Gasteiger charge is -2.39. The van der Waals surface area contributed by atoms with Gasteiger partial charge in [-0.05, 0) is 44.9 Å². The molecule has 0 fully saturated rings. The van der Waals surface area contributed by atoms with Crippen LogP contribution in [0.15, 0.2) is 0 Å². The predicted molar refractivity (Wildman–Crippen MR) is 138 cm³/mol. The fourth-order valence-corrected chi connectivity index (χ4v) is 5.09. The summed E-state index contributed by atoms with van der Waals surface area (Å²) in [4.78, 5) is 13.9.